The summed E-state index contributed by atoms with van der Waals surface area (Å²) in [5, 5.41) is 17.0. The molecule has 2 aromatic rings. The molecule has 11 heteroatoms. The predicted molar refractivity (Wildman–Crippen MR) is 115 cm³/mol. The fraction of sp³-hybridized carbons (Fsp3) is 0.353. The van der Waals surface area contributed by atoms with Crippen LogP contribution in [0.3, 0.4) is 0 Å². The number of rotatable bonds is 6. The molecule has 0 aliphatic carbocycles. The second kappa shape index (κ2) is 9.87. The monoisotopic (exact) mass is 520 g/mol. The lowest BCUT2D eigenvalue weighted by Crippen LogP contribution is -2.43. The van der Waals surface area contributed by atoms with Crippen molar-refractivity contribution in [1.29, 1.82) is 0 Å². The Morgan fingerprint density at radius 2 is 2.04 bits per heavy atom. The highest BCUT2D eigenvalue weighted by Gasteiger charge is 2.28. The molecule has 2 heterocycles. The van der Waals surface area contributed by atoms with Crippen molar-refractivity contribution in [2.45, 2.75) is 25.6 Å². The van der Waals surface area contributed by atoms with E-state index in [9.17, 15) is 18.5 Å². The molecular weight excluding hydrogens is 499 g/mol. The first kappa shape index (κ1) is 22.1. The Kier molecular flexibility index (Phi) is 7.80. The van der Waals surface area contributed by atoms with Crippen molar-refractivity contribution in [3.63, 3.8) is 0 Å². The maximum atomic E-state index is 11.7. The zero-order valence-electron chi connectivity index (χ0n) is 14.9. The average Bonchev–Trinajstić information content (AvgIpc) is 3.27. The van der Waals surface area contributed by atoms with Crippen LogP contribution in [0.1, 0.15) is 17.7 Å². The molecule has 1 aromatic carbocycles. The number of halogens is 1. The van der Waals surface area contributed by atoms with Crippen LogP contribution in [0.4, 0.5) is 5.69 Å². The molecule has 1 atom stereocenters. The lowest BCUT2D eigenvalue weighted by atomic mass is 10.2. The van der Waals surface area contributed by atoms with E-state index in [1.807, 2.05) is 6.07 Å². The van der Waals surface area contributed by atoms with Gasteiger partial charge in [-0.2, -0.15) is 0 Å². The van der Waals surface area contributed by atoms with Gasteiger partial charge in [0.15, 0.2) is 15.8 Å². The Labute approximate surface area is 179 Å². The molecular formula is C17H21IN4O5S. The van der Waals surface area contributed by atoms with Gasteiger partial charge in [0.2, 0.25) is 0 Å². The maximum Gasteiger partial charge on any atom is 0.269 e. The number of guanidine groups is 1. The molecule has 0 saturated carbocycles. The Balaban J connectivity index is 0.00000280. The normalized spacial score (nSPS) is 18.3. The van der Waals surface area contributed by atoms with E-state index in [1.54, 1.807) is 24.5 Å². The van der Waals surface area contributed by atoms with E-state index in [1.165, 1.54) is 12.1 Å². The quantitative estimate of drug-likeness (QED) is 0.197. The highest BCUT2D eigenvalue weighted by molar-refractivity contribution is 14.0. The number of nitro groups is 1. The summed E-state index contributed by atoms with van der Waals surface area (Å²) < 4.78 is 28.6. The van der Waals surface area contributed by atoms with Gasteiger partial charge in [-0.1, -0.05) is 12.1 Å². The Morgan fingerprint density at radius 3 is 2.61 bits per heavy atom. The molecule has 0 radical (unpaired) electrons. The van der Waals surface area contributed by atoms with Crippen LogP contribution in [0.15, 0.2) is 52.1 Å². The minimum Gasteiger partial charge on any atom is -0.467 e. The summed E-state index contributed by atoms with van der Waals surface area (Å²) in [7, 11) is -3.01. The average molecular weight is 520 g/mol. The van der Waals surface area contributed by atoms with Gasteiger partial charge in [-0.3, -0.25) is 10.1 Å². The van der Waals surface area contributed by atoms with Crippen molar-refractivity contribution in [3.8, 4) is 0 Å². The van der Waals surface area contributed by atoms with Gasteiger partial charge in [0, 0.05) is 18.2 Å². The molecule has 28 heavy (non-hydrogen) atoms. The number of benzene rings is 1. The molecule has 1 unspecified atom stereocenters. The van der Waals surface area contributed by atoms with Crippen molar-refractivity contribution >= 4 is 45.5 Å². The molecule has 0 amide bonds. The van der Waals surface area contributed by atoms with Crippen LogP contribution in [0.5, 0.6) is 0 Å². The summed E-state index contributed by atoms with van der Waals surface area (Å²) in [6.45, 7) is 0.698. The summed E-state index contributed by atoms with van der Waals surface area (Å²) >= 11 is 0. The van der Waals surface area contributed by atoms with Gasteiger partial charge in [-0.15, -0.1) is 24.0 Å². The van der Waals surface area contributed by atoms with Gasteiger partial charge >= 0.3 is 0 Å². The second-order valence-corrected chi connectivity index (χ2v) is 8.49. The predicted octanol–water partition coefficient (Wildman–Crippen LogP) is 2.23. The molecule has 152 valence electrons. The molecule has 0 spiro atoms. The largest absolute Gasteiger partial charge is 0.467 e. The van der Waals surface area contributed by atoms with Gasteiger partial charge in [-0.05, 0) is 24.1 Å². The molecule has 1 saturated heterocycles. The number of hydrogen-bond donors (Lipinski definition) is 2. The van der Waals surface area contributed by atoms with Crippen LogP contribution in [-0.4, -0.2) is 36.8 Å². The number of furan rings is 1. The zero-order chi connectivity index (χ0) is 19.3. The molecule has 1 aliphatic heterocycles. The van der Waals surface area contributed by atoms with E-state index < -0.39 is 14.8 Å². The van der Waals surface area contributed by atoms with E-state index in [0.717, 1.165) is 11.3 Å². The summed E-state index contributed by atoms with van der Waals surface area (Å²) in [6, 6.07) is 9.55. The number of nitrogens with zero attached hydrogens (tertiary/aromatic N) is 2. The minimum atomic E-state index is -3.01. The zero-order valence-corrected chi connectivity index (χ0v) is 18.1. The molecule has 1 aliphatic rings. The number of non-ortho nitro benzene ring substituents is 1. The Bertz CT molecular complexity index is 914. The topological polar surface area (TPSA) is 127 Å². The van der Waals surface area contributed by atoms with Crippen LogP contribution in [0.2, 0.25) is 0 Å². The maximum absolute atomic E-state index is 11.7. The van der Waals surface area contributed by atoms with E-state index >= 15 is 0 Å². The van der Waals surface area contributed by atoms with E-state index in [-0.39, 0.29) is 47.2 Å². The molecule has 1 fully saturated rings. The van der Waals surface area contributed by atoms with Crippen LogP contribution >= 0.6 is 24.0 Å². The van der Waals surface area contributed by atoms with Crippen LogP contribution in [-0.2, 0) is 22.9 Å². The molecule has 9 nitrogen and oxygen atoms in total. The lowest BCUT2D eigenvalue weighted by molar-refractivity contribution is -0.384. The van der Waals surface area contributed by atoms with Crippen LogP contribution in [0.25, 0.3) is 0 Å². The number of aliphatic imine (C=N–C) groups is 1. The molecule has 1 aromatic heterocycles. The Morgan fingerprint density at radius 1 is 1.29 bits per heavy atom. The Hall–Kier alpha value is -2.15. The molecule has 3 rings (SSSR count). The number of hydrogen-bond acceptors (Lipinski definition) is 6. The van der Waals surface area contributed by atoms with Crippen molar-refractivity contribution in [3.05, 3.63) is 64.1 Å². The fourth-order valence-corrected chi connectivity index (χ4v) is 4.41. The van der Waals surface area contributed by atoms with Crippen molar-refractivity contribution in [1.82, 2.24) is 10.6 Å². The lowest BCUT2D eigenvalue weighted by Gasteiger charge is -2.16. The van der Waals surface area contributed by atoms with Gasteiger partial charge in [0.05, 0.1) is 35.8 Å². The van der Waals surface area contributed by atoms with Gasteiger partial charge in [0.1, 0.15) is 5.76 Å². The van der Waals surface area contributed by atoms with E-state index in [0.29, 0.717) is 25.5 Å². The van der Waals surface area contributed by atoms with Crippen molar-refractivity contribution in [2.75, 3.05) is 11.5 Å². The summed E-state index contributed by atoms with van der Waals surface area (Å²) in [5.41, 5.74) is 0.826. The fourth-order valence-electron chi connectivity index (χ4n) is 2.73. The van der Waals surface area contributed by atoms with Gasteiger partial charge in [-0.25, -0.2) is 13.4 Å². The van der Waals surface area contributed by atoms with Crippen molar-refractivity contribution < 1.29 is 17.8 Å². The third-order valence-corrected chi connectivity index (χ3v) is 5.92. The minimum absolute atomic E-state index is 0. The van der Waals surface area contributed by atoms with Crippen LogP contribution in [0, 0.1) is 10.1 Å². The summed E-state index contributed by atoms with van der Waals surface area (Å²) in [5.74, 6) is 1.43. The summed E-state index contributed by atoms with van der Waals surface area (Å²) in [6.07, 6.45) is 2.10. The van der Waals surface area contributed by atoms with E-state index in [4.69, 9.17) is 4.42 Å². The van der Waals surface area contributed by atoms with Crippen LogP contribution < -0.4 is 10.6 Å². The highest BCUT2D eigenvalue weighted by atomic mass is 127. The van der Waals surface area contributed by atoms with Gasteiger partial charge in [0.25, 0.3) is 5.69 Å². The van der Waals surface area contributed by atoms with Gasteiger partial charge < -0.3 is 15.1 Å². The third-order valence-electron chi connectivity index (χ3n) is 4.15. The van der Waals surface area contributed by atoms with E-state index in [2.05, 4.69) is 15.6 Å². The SMILES string of the molecule is I.O=[N+]([O-])c1ccc(CN=C(NCc2ccco2)NC2CCS(=O)(=O)C2)cc1. The first-order valence-electron chi connectivity index (χ1n) is 8.42. The second-order valence-electron chi connectivity index (χ2n) is 6.27. The van der Waals surface area contributed by atoms with Crippen molar-refractivity contribution in [2.24, 2.45) is 4.99 Å². The number of nitro benzene ring substituents is 1. The molecule has 2 N–H and O–H groups in total. The standard InChI is InChI=1S/C17H20N4O5S.HI/c22-21(23)15-5-3-13(4-6-15)10-18-17(19-11-16-2-1-8-26-16)20-14-7-9-27(24,25)12-14;/h1-6,8,14H,7,9-12H2,(H2,18,19,20);1H. The number of sulfone groups is 1. The molecule has 0 bridgehead atoms. The highest BCUT2D eigenvalue weighted by Crippen LogP contribution is 2.13. The third kappa shape index (κ3) is 6.48. The first-order chi connectivity index (χ1) is 12.9. The smallest absolute Gasteiger partial charge is 0.269 e. The number of nitrogens with one attached hydrogen (secondary N) is 2. The summed E-state index contributed by atoms with van der Waals surface area (Å²) in [4.78, 5) is 14.7. The first-order valence-corrected chi connectivity index (χ1v) is 10.2.